The van der Waals surface area contributed by atoms with Gasteiger partial charge in [0, 0.05) is 42.5 Å². The van der Waals surface area contributed by atoms with Crippen molar-refractivity contribution in [2.75, 3.05) is 19.6 Å². The monoisotopic (exact) mass is 367 g/mol. The van der Waals surface area contributed by atoms with E-state index in [1.165, 1.54) is 24.3 Å². The first-order valence-corrected chi connectivity index (χ1v) is 8.53. The van der Waals surface area contributed by atoms with Gasteiger partial charge < -0.3 is 10.2 Å². The zero-order chi connectivity index (χ0) is 17.9. The number of thioether (sulfide) groups is 1. The highest BCUT2D eigenvalue weighted by Crippen LogP contribution is 2.36. The number of amides is 1. The molecule has 132 valence electrons. The molecule has 0 bridgehead atoms. The van der Waals surface area contributed by atoms with Crippen molar-refractivity contribution in [1.82, 2.24) is 15.2 Å². The van der Waals surface area contributed by atoms with E-state index in [0.717, 1.165) is 5.56 Å². The minimum absolute atomic E-state index is 0.0631. The molecule has 8 heteroatoms. The van der Waals surface area contributed by atoms with E-state index in [2.05, 4.69) is 10.3 Å². The Hall–Kier alpha value is -2.06. The van der Waals surface area contributed by atoms with E-state index < -0.39 is 5.51 Å². The van der Waals surface area contributed by atoms with E-state index in [0.29, 0.717) is 25.2 Å². The van der Waals surface area contributed by atoms with Gasteiger partial charge in [0.1, 0.15) is 0 Å². The second-order valence-corrected chi connectivity index (χ2v) is 6.72. The molecule has 2 aromatic rings. The van der Waals surface area contributed by atoms with Crippen molar-refractivity contribution in [3.05, 3.63) is 59.9 Å². The van der Waals surface area contributed by atoms with Crippen LogP contribution in [0, 0.1) is 0 Å². The lowest BCUT2D eigenvalue weighted by Crippen LogP contribution is -2.48. The quantitative estimate of drug-likeness (QED) is 0.844. The van der Waals surface area contributed by atoms with Crippen molar-refractivity contribution in [3.8, 4) is 0 Å². The van der Waals surface area contributed by atoms with Crippen LogP contribution in [0.1, 0.15) is 22.0 Å². The molecule has 1 fully saturated rings. The molecule has 1 saturated heterocycles. The van der Waals surface area contributed by atoms with Crippen LogP contribution in [0.3, 0.4) is 0 Å². The van der Waals surface area contributed by atoms with Crippen molar-refractivity contribution in [3.63, 3.8) is 0 Å². The molecule has 2 heterocycles. The molecule has 0 spiro atoms. The Bertz CT molecular complexity index is 722. The van der Waals surface area contributed by atoms with Crippen molar-refractivity contribution in [1.29, 1.82) is 0 Å². The Morgan fingerprint density at radius 1 is 1.24 bits per heavy atom. The summed E-state index contributed by atoms with van der Waals surface area (Å²) in [4.78, 5) is 18.7. The number of benzene rings is 1. The van der Waals surface area contributed by atoms with Crippen LogP contribution in [-0.2, 0) is 0 Å². The Balaban J connectivity index is 1.78. The van der Waals surface area contributed by atoms with Gasteiger partial charge in [-0.05, 0) is 47.7 Å². The van der Waals surface area contributed by atoms with Crippen LogP contribution < -0.4 is 5.32 Å². The van der Waals surface area contributed by atoms with Gasteiger partial charge in [0.15, 0.2) is 0 Å². The van der Waals surface area contributed by atoms with Crippen LogP contribution in [0.15, 0.2) is 53.7 Å². The Labute approximate surface area is 147 Å². The zero-order valence-electron chi connectivity index (χ0n) is 13.2. The average molecular weight is 367 g/mol. The fraction of sp³-hybridized carbons (Fsp3) is 0.294. The van der Waals surface area contributed by atoms with Gasteiger partial charge in [-0.2, -0.15) is 13.2 Å². The lowest BCUT2D eigenvalue weighted by Gasteiger charge is -2.36. The summed E-state index contributed by atoms with van der Waals surface area (Å²) in [5.41, 5.74) is -3.04. The number of rotatable bonds is 3. The third-order valence-corrected chi connectivity index (χ3v) is 4.65. The van der Waals surface area contributed by atoms with Crippen LogP contribution in [-0.4, -0.2) is 40.9 Å². The Morgan fingerprint density at radius 2 is 2.00 bits per heavy atom. The second-order valence-electron chi connectivity index (χ2n) is 5.58. The Kier molecular flexibility index (Phi) is 5.29. The topological polar surface area (TPSA) is 45.2 Å². The summed E-state index contributed by atoms with van der Waals surface area (Å²) >= 11 is -0.189. The fourth-order valence-electron chi connectivity index (χ4n) is 2.78. The molecule has 1 atom stereocenters. The first kappa shape index (κ1) is 17.8. The molecule has 1 aromatic carbocycles. The molecule has 1 aliphatic rings. The summed E-state index contributed by atoms with van der Waals surface area (Å²) in [5.74, 6) is -0.195. The minimum Gasteiger partial charge on any atom is -0.329 e. The van der Waals surface area contributed by atoms with Crippen LogP contribution in [0.2, 0.25) is 0 Å². The van der Waals surface area contributed by atoms with E-state index in [9.17, 15) is 18.0 Å². The molecule has 1 aromatic heterocycles. The van der Waals surface area contributed by atoms with Gasteiger partial charge in [-0.1, -0.05) is 6.07 Å². The highest BCUT2D eigenvalue weighted by molar-refractivity contribution is 8.00. The van der Waals surface area contributed by atoms with Crippen molar-refractivity contribution < 1.29 is 18.0 Å². The smallest absolute Gasteiger partial charge is 0.329 e. The van der Waals surface area contributed by atoms with E-state index in [1.54, 1.807) is 17.3 Å². The number of aromatic nitrogens is 1. The molecule has 1 unspecified atom stereocenters. The Morgan fingerprint density at radius 3 is 2.64 bits per heavy atom. The highest BCUT2D eigenvalue weighted by atomic mass is 32.2. The lowest BCUT2D eigenvalue weighted by atomic mass is 10.0. The number of nitrogens with zero attached hydrogens (tertiary/aromatic N) is 2. The number of hydrogen-bond donors (Lipinski definition) is 1. The second kappa shape index (κ2) is 7.45. The fourth-order valence-corrected chi connectivity index (χ4v) is 3.32. The SMILES string of the molecule is O=C(c1ccc(SC(F)(F)F)cc1)N1CCNCC1c1cccnc1. The summed E-state index contributed by atoms with van der Waals surface area (Å²) in [5, 5.41) is 3.25. The molecule has 1 N–H and O–H groups in total. The van der Waals surface area contributed by atoms with Crippen LogP contribution in [0.5, 0.6) is 0 Å². The maximum Gasteiger partial charge on any atom is 0.446 e. The number of hydrogen-bond acceptors (Lipinski definition) is 4. The first-order chi connectivity index (χ1) is 11.9. The van der Waals surface area contributed by atoms with Crippen LogP contribution >= 0.6 is 11.8 Å². The predicted octanol–water partition coefficient (Wildman–Crippen LogP) is 3.48. The standard InChI is InChI=1S/C17H16F3N3OS/c18-17(19,20)25-14-5-3-12(4-6-14)16(24)23-9-8-22-11-15(23)13-2-1-7-21-10-13/h1-7,10,15,22H,8-9,11H2. The normalized spacial score (nSPS) is 18.2. The van der Waals surface area contributed by atoms with E-state index in [1.807, 2.05) is 12.1 Å². The first-order valence-electron chi connectivity index (χ1n) is 7.71. The summed E-state index contributed by atoms with van der Waals surface area (Å²) in [6.45, 7) is 1.81. The van der Waals surface area contributed by atoms with E-state index >= 15 is 0 Å². The number of pyridine rings is 1. The van der Waals surface area contributed by atoms with Crippen LogP contribution in [0.25, 0.3) is 0 Å². The van der Waals surface area contributed by atoms with Gasteiger partial charge in [0.2, 0.25) is 0 Å². The number of carbonyl (C=O) groups excluding carboxylic acids is 1. The summed E-state index contributed by atoms with van der Waals surface area (Å²) in [7, 11) is 0. The molecule has 3 rings (SSSR count). The van der Waals surface area contributed by atoms with Gasteiger partial charge in [-0.15, -0.1) is 0 Å². The number of piperazine rings is 1. The number of alkyl halides is 3. The average Bonchev–Trinajstić information content (AvgIpc) is 2.61. The third-order valence-electron chi connectivity index (χ3n) is 3.91. The molecular formula is C17H16F3N3OS. The maximum atomic E-state index is 12.8. The summed E-state index contributed by atoms with van der Waals surface area (Å²) in [6.07, 6.45) is 3.39. The van der Waals surface area contributed by atoms with Crippen LogP contribution in [0.4, 0.5) is 13.2 Å². The number of carbonyl (C=O) groups is 1. The number of halogens is 3. The van der Waals surface area contributed by atoms with Gasteiger partial charge in [0.25, 0.3) is 5.91 Å². The number of nitrogens with one attached hydrogen (secondary N) is 1. The molecular weight excluding hydrogens is 351 g/mol. The van der Waals surface area contributed by atoms with Gasteiger partial charge >= 0.3 is 5.51 Å². The minimum atomic E-state index is -4.34. The van der Waals surface area contributed by atoms with Gasteiger partial charge in [0.05, 0.1) is 6.04 Å². The molecule has 4 nitrogen and oxygen atoms in total. The lowest BCUT2D eigenvalue weighted by molar-refractivity contribution is -0.0328. The molecule has 0 saturated carbocycles. The largest absolute Gasteiger partial charge is 0.446 e. The van der Waals surface area contributed by atoms with Gasteiger partial charge in [-0.25, -0.2) is 0 Å². The molecule has 25 heavy (non-hydrogen) atoms. The molecule has 1 aliphatic heterocycles. The summed E-state index contributed by atoms with van der Waals surface area (Å²) < 4.78 is 37.2. The van der Waals surface area contributed by atoms with Crippen molar-refractivity contribution in [2.24, 2.45) is 0 Å². The molecule has 1 amide bonds. The van der Waals surface area contributed by atoms with E-state index in [4.69, 9.17) is 0 Å². The van der Waals surface area contributed by atoms with Gasteiger partial charge in [-0.3, -0.25) is 9.78 Å². The van der Waals surface area contributed by atoms with Crippen molar-refractivity contribution in [2.45, 2.75) is 16.4 Å². The highest BCUT2D eigenvalue weighted by Gasteiger charge is 2.30. The maximum absolute atomic E-state index is 12.8. The third kappa shape index (κ3) is 4.52. The summed E-state index contributed by atoms with van der Waals surface area (Å²) in [6, 6.07) is 9.11. The molecule has 0 radical (unpaired) electrons. The predicted molar refractivity (Wildman–Crippen MR) is 89.2 cm³/mol. The zero-order valence-corrected chi connectivity index (χ0v) is 14.0. The molecule has 0 aliphatic carbocycles. The van der Waals surface area contributed by atoms with E-state index in [-0.39, 0.29) is 28.6 Å². The van der Waals surface area contributed by atoms with Crippen molar-refractivity contribution >= 4 is 17.7 Å².